The van der Waals surface area contributed by atoms with Gasteiger partial charge in [0.2, 0.25) is 0 Å². The average Bonchev–Trinajstić information content (AvgIpc) is 2.73. The molecule has 0 atom stereocenters. The van der Waals surface area contributed by atoms with Crippen molar-refractivity contribution in [3.63, 3.8) is 0 Å². The van der Waals surface area contributed by atoms with Crippen LogP contribution < -0.4 is 5.32 Å². The van der Waals surface area contributed by atoms with E-state index in [2.05, 4.69) is 5.32 Å². The third-order valence-electron chi connectivity index (χ3n) is 2.26. The van der Waals surface area contributed by atoms with Crippen LogP contribution in [0, 0.1) is 0 Å². The molecule has 0 fully saturated rings. The topological polar surface area (TPSA) is 75.6 Å². The van der Waals surface area contributed by atoms with Crippen molar-refractivity contribution in [3.8, 4) is 0 Å². The number of hydrogen-bond acceptors (Lipinski definition) is 4. The maximum Gasteiger partial charge on any atom is 0.328 e. The minimum Gasteiger partial charge on any atom is -0.478 e. The number of carboxylic acid groups (broad SMARTS) is 1. The van der Waals surface area contributed by atoms with Crippen LogP contribution in [0.15, 0.2) is 17.5 Å². The molecule has 6 heteroatoms. The predicted molar refractivity (Wildman–Crippen MR) is 74.4 cm³/mol. The van der Waals surface area contributed by atoms with Crippen LogP contribution in [0.4, 0.5) is 0 Å². The summed E-state index contributed by atoms with van der Waals surface area (Å²) in [6.45, 7) is 4.11. The molecular formula is C13H17NO4S. The normalized spacial score (nSPS) is 11.7. The zero-order valence-corrected chi connectivity index (χ0v) is 11.9. The van der Waals surface area contributed by atoms with Gasteiger partial charge in [-0.25, -0.2) is 4.79 Å². The maximum absolute atomic E-state index is 12.1. The number of carbonyl (C=O) groups excluding carboxylic acids is 1. The van der Waals surface area contributed by atoms with Crippen LogP contribution in [0.3, 0.4) is 0 Å². The number of carboxylic acids is 1. The van der Waals surface area contributed by atoms with Gasteiger partial charge in [0, 0.05) is 13.2 Å². The van der Waals surface area contributed by atoms with E-state index in [9.17, 15) is 9.59 Å². The summed E-state index contributed by atoms with van der Waals surface area (Å²) < 4.78 is 5.03. The summed E-state index contributed by atoms with van der Waals surface area (Å²) in [6.07, 6.45) is 2.43. The summed E-state index contributed by atoms with van der Waals surface area (Å²) in [4.78, 5) is 23.1. The van der Waals surface area contributed by atoms with Crippen LogP contribution >= 0.6 is 11.3 Å². The van der Waals surface area contributed by atoms with E-state index in [0.29, 0.717) is 17.0 Å². The number of rotatable bonds is 6. The molecule has 1 rings (SSSR count). The number of nitrogens with one attached hydrogen (secondary N) is 1. The molecule has 0 saturated heterocycles. The van der Waals surface area contributed by atoms with Gasteiger partial charge in [0.15, 0.2) is 0 Å². The Labute approximate surface area is 115 Å². The Balaban J connectivity index is 2.84. The molecule has 2 N–H and O–H groups in total. The number of hydrogen-bond donors (Lipinski definition) is 2. The first-order valence-corrected chi connectivity index (χ1v) is 6.53. The molecule has 104 valence electrons. The molecule has 0 aliphatic rings. The number of amides is 1. The molecule has 1 amide bonds. The van der Waals surface area contributed by atoms with E-state index in [-0.39, 0.29) is 5.91 Å². The summed E-state index contributed by atoms with van der Waals surface area (Å²) in [5, 5.41) is 13.2. The molecule has 1 heterocycles. The third kappa shape index (κ3) is 4.84. The van der Waals surface area contributed by atoms with E-state index in [1.165, 1.54) is 17.4 Å². The van der Waals surface area contributed by atoms with Crippen LogP contribution in [0.1, 0.15) is 29.1 Å². The molecule has 1 aromatic rings. The number of thiophene rings is 1. The van der Waals surface area contributed by atoms with Crippen molar-refractivity contribution >= 4 is 29.3 Å². The lowest BCUT2D eigenvalue weighted by Gasteiger charge is -2.25. The summed E-state index contributed by atoms with van der Waals surface area (Å²) in [5.74, 6) is -1.28. The Kier molecular flexibility index (Phi) is 5.26. The molecule has 0 aliphatic carbocycles. The van der Waals surface area contributed by atoms with Crippen molar-refractivity contribution < 1.29 is 19.4 Å². The van der Waals surface area contributed by atoms with Gasteiger partial charge in [-0.05, 0) is 36.9 Å². The zero-order chi connectivity index (χ0) is 14.5. The van der Waals surface area contributed by atoms with E-state index in [1.54, 1.807) is 18.6 Å². The highest BCUT2D eigenvalue weighted by molar-refractivity contribution is 7.12. The standard InChI is InChI=1S/C13H17NO4S/c1-13(2,8-18-3)14-12(17)11-9(6-7-19-11)4-5-10(15)16/h4-7H,8H2,1-3H3,(H,14,17)(H,15,16)/b5-4+. The second kappa shape index (κ2) is 6.49. The maximum atomic E-state index is 12.1. The highest BCUT2D eigenvalue weighted by Gasteiger charge is 2.22. The molecule has 0 spiro atoms. The van der Waals surface area contributed by atoms with Gasteiger partial charge in [-0.1, -0.05) is 0 Å². The van der Waals surface area contributed by atoms with E-state index in [4.69, 9.17) is 9.84 Å². The van der Waals surface area contributed by atoms with Gasteiger partial charge in [-0.3, -0.25) is 4.79 Å². The van der Waals surface area contributed by atoms with Crippen LogP contribution in [0.25, 0.3) is 6.08 Å². The molecule has 0 saturated carbocycles. The van der Waals surface area contributed by atoms with E-state index < -0.39 is 11.5 Å². The van der Waals surface area contributed by atoms with Gasteiger partial charge in [0.1, 0.15) is 0 Å². The van der Waals surface area contributed by atoms with Gasteiger partial charge in [0.25, 0.3) is 5.91 Å². The summed E-state index contributed by atoms with van der Waals surface area (Å²) in [7, 11) is 1.57. The summed E-state index contributed by atoms with van der Waals surface area (Å²) in [6, 6.07) is 1.71. The second-order valence-corrected chi connectivity index (χ2v) is 5.56. The first-order chi connectivity index (χ1) is 8.85. The average molecular weight is 283 g/mol. The van der Waals surface area contributed by atoms with E-state index in [0.717, 1.165) is 6.08 Å². The highest BCUT2D eigenvalue weighted by Crippen LogP contribution is 2.19. The first-order valence-electron chi connectivity index (χ1n) is 5.65. The van der Waals surface area contributed by atoms with E-state index in [1.807, 2.05) is 13.8 Å². The van der Waals surface area contributed by atoms with Crippen LogP contribution in [0.2, 0.25) is 0 Å². The second-order valence-electron chi connectivity index (χ2n) is 4.65. The fourth-order valence-corrected chi connectivity index (χ4v) is 2.34. The van der Waals surface area contributed by atoms with Crippen molar-refractivity contribution in [3.05, 3.63) is 28.0 Å². The van der Waals surface area contributed by atoms with Crippen molar-refractivity contribution in [1.29, 1.82) is 0 Å². The molecule has 19 heavy (non-hydrogen) atoms. The lowest BCUT2D eigenvalue weighted by atomic mass is 10.1. The van der Waals surface area contributed by atoms with E-state index >= 15 is 0 Å². The number of carbonyl (C=O) groups is 2. The Bertz CT molecular complexity index is 491. The smallest absolute Gasteiger partial charge is 0.328 e. The lowest BCUT2D eigenvalue weighted by Crippen LogP contribution is -2.46. The lowest BCUT2D eigenvalue weighted by molar-refractivity contribution is -0.131. The Hall–Kier alpha value is -1.66. The molecule has 0 bridgehead atoms. The fraction of sp³-hybridized carbons (Fsp3) is 0.385. The monoisotopic (exact) mass is 283 g/mol. The largest absolute Gasteiger partial charge is 0.478 e. The quantitative estimate of drug-likeness (QED) is 0.783. The van der Waals surface area contributed by atoms with Crippen LogP contribution in [0.5, 0.6) is 0 Å². The Morgan fingerprint density at radius 3 is 2.79 bits per heavy atom. The molecule has 1 aromatic heterocycles. The van der Waals surface area contributed by atoms with Gasteiger partial charge < -0.3 is 15.2 Å². The molecule has 0 aromatic carbocycles. The number of methoxy groups -OCH3 is 1. The molecule has 5 nitrogen and oxygen atoms in total. The third-order valence-corrected chi connectivity index (χ3v) is 3.19. The van der Waals surface area contributed by atoms with Crippen molar-refractivity contribution in [1.82, 2.24) is 5.32 Å². The van der Waals surface area contributed by atoms with Gasteiger partial charge in [-0.15, -0.1) is 11.3 Å². The Morgan fingerprint density at radius 1 is 1.53 bits per heavy atom. The molecule has 0 aliphatic heterocycles. The van der Waals surface area contributed by atoms with Crippen LogP contribution in [-0.4, -0.2) is 36.2 Å². The van der Waals surface area contributed by atoms with Crippen molar-refractivity contribution in [2.24, 2.45) is 0 Å². The van der Waals surface area contributed by atoms with Crippen molar-refractivity contribution in [2.75, 3.05) is 13.7 Å². The first kappa shape index (κ1) is 15.4. The minimum atomic E-state index is -1.04. The minimum absolute atomic E-state index is 0.234. The highest BCUT2D eigenvalue weighted by atomic mass is 32.1. The predicted octanol–water partition coefficient (Wildman–Crippen LogP) is 2.00. The SMILES string of the molecule is COCC(C)(C)NC(=O)c1sccc1/C=C/C(=O)O. The summed E-state index contributed by atoms with van der Waals surface area (Å²) >= 11 is 1.27. The fourth-order valence-electron chi connectivity index (χ4n) is 1.56. The molecule has 0 unspecified atom stereocenters. The van der Waals surface area contributed by atoms with Crippen molar-refractivity contribution in [2.45, 2.75) is 19.4 Å². The number of ether oxygens (including phenoxy) is 1. The molecular weight excluding hydrogens is 266 g/mol. The van der Waals surface area contributed by atoms with Crippen LogP contribution in [-0.2, 0) is 9.53 Å². The Morgan fingerprint density at radius 2 is 2.21 bits per heavy atom. The number of aliphatic carboxylic acids is 1. The summed E-state index contributed by atoms with van der Waals surface area (Å²) in [5.41, 5.74) is 0.113. The van der Waals surface area contributed by atoms with Gasteiger partial charge in [0.05, 0.1) is 17.0 Å². The van der Waals surface area contributed by atoms with Gasteiger partial charge in [-0.2, -0.15) is 0 Å². The zero-order valence-electron chi connectivity index (χ0n) is 11.1. The molecule has 0 radical (unpaired) electrons. The van der Waals surface area contributed by atoms with Gasteiger partial charge >= 0.3 is 5.97 Å².